The Balaban J connectivity index is 1.64. The van der Waals surface area contributed by atoms with Crippen LogP contribution in [0.1, 0.15) is 30.4 Å². The summed E-state index contributed by atoms with van der Waals surface area (Å²) >= 11 is 1.65. The van der Waals surface area contributed by atoms with E-state index in [0.717, 1.165) is 19.3 Å². The number of rotatable bonds is 6. The first kappa shape index (κ1) is 14.3. The monoisotopic (exact) mass is 303 g/mol. The Labute approximate surface area is 128 Å². The van der Waals surface area contributed by atoms with Crippen LogP contribution in [0.4, 0.5) is 4.39 Å². The van der Waals surface area contributed by atoms with Gasteiger partial charge in [-0.05, 0) is 47.7 Å². The summed E-state index contributed by atoms with van der Waals surface area (Å²) in [6.45, 7) is 0.389. The second kappa shape index (κ2) is 6.39. The van der Waals surface area contributed by atoms with Gasteiger partial charge in [-0.25, -0.2) is 4.39 Å². The van der Waals surface area contributed by atoms with Crippen molar-refractivity contribution in [1.29, 1.82) is 0 Å². The van der Waals surface area contributed by atoms with Crippen molar-refractivity contribution in [3.63, 3.8) is 0 Å². The molecule has 21 heavy (non-hydrogen) atoms. The van der Waals surface area contributed by atoms with Gasteiger partial charge in [-0.2, -0.15) is 11.3 Å². The number of nitrogens with zero attached hydrogens (tertiary/aromatic N) is 1. The van der Waals surface area contributed by atoms with Crippen LogP contribution in [0.5, 0.6) is 0 Å². The highest BCUT2D eigenvalue weighted by molar-refractivity contribution is 7.07. The molecule has 1 aromatic carbocycles. The molecule has 1 aromatic heterocycles. The Morgan fingerprint density at radius 2 is 2.10 bits per heavy atom. The molecule has 0 spiro atoms. The van der Waals surface area contributed by atoms with Gasteiger partial charge < -0.3 is 4.90 Å². The van der Waals surface area contributed by atoms with E-state index in [9.17, 15) is 9.18 Å². The molecule has 1 saturated carbocycles. The molecule has 0 radical (unpaired) electrons. The van der Waals surface area contributed by atoms with Gasteiger partial charge in [0.2, 0.25) is 5.91 Å². The first-order valence-electron chi connectivity index (χ1n) is 7.28. The number of thiophene rings is 1. The average molecular weight is 303 g/mol. The van der Waals surface area contributed by atoms with E-state index in [1.54, 1.807) is 23.5 Å². The topological polar surface area (TPSA) is 20.3 Å². The first-order valence-corrected chi connectivity index (χ1v) is 8.22. The molecule has 4 heteroatoms. The summed E-state index contributed by atoms with van der Waals surface area (Å²) in [5.41, 5.74) is 1.81. The van der Waals surface area contributed by atoms with Crippen molar-refractivity contribution in [2.24, 2.45) is 0 Å². The van der Waals surface area contributed by atoms with Crippen LogP contribution in [0.25, 0.3) is 0 Å². The van der Waals surface area contributed by atoms with Gasteiger partial charge in [0.1, 0.15) is 5.82 Å². The summed E-state index contributed by atoms with van der Waals surface area (Å²) in [6.07, 6.45) is 3.35. The molecule has 110 valence electrons. The number of amides is 1. The summed E-state index contributed by atoms with van der Waals surface area (Å²) in [4.78, 5) is 14.3. The fourth-order valence-electron chi connectivity index (χ4n) is 2.45. The summed E-state index contributed by atoms with van der Waals surface area (Å²) in [5, 5.41) is 4.10. The minimum Gasteiger partial charge on any atom is -0.335 e. The maximum atomic E-state index is 13.8. The molecule has 0 bridgehead atoms. The molecule has 0 unspecified atom stereocenters. The zero-order valence-corrected chi connectivity index (χ0v) is 12.6. The van der Waals surface area contributed by atoms with E-state index in [0.29, 0.717) is 24.6 Å². The Kier molecular flexibility index (Phi) is 4.34. The van der Waals surface area contributed by atoms with Gasteiger partial charge in [0.15, 0.2) is 0 Å². The summed E-state index contributed by atoms with van der Waals surface area (Å²) in [7, 11) is 0. The summed E-state index contributed by atoms with van der Waals surface area (Å²) < 4.78 is 13.8. The molecule has 1 aliphatic carbocycles. The molecular weight excluding hydrogens is 285 g/mol. The van der Waals surface area contributed by atoms with Gasteiger partial charge in [-0.15, -0.1) is 0 Å². The van der Waals surface area contributed by atoms with Crippen molar-refractivity contribution >= 4 is 17.2 Å². The lowest BCUT2D eigenvalue weighted by Crippen LogP contribution is -2.33. The molecule has 1 amide bonds. The normalized spacial score (nSPS) is 14.1. The third kappa shape index (κ3) is 3.70. The van der Waals surface area contributed by atoms with E-state index in [1.807, 2.05) is 16.3 Å². The van der Waals surface area contributed by atoms with Crippen molar-refractivity contribution in [2.75, 3.05) is 0 Å². The Morgan fingerprint density at radius 1 is 1.29 bits per heavy atom. The number of halogens is 1. The van der Waals surface area contributed by atoms with E-state index < -0.39 is 0 Å². The van der Waals surface area contributed by atoms with Crippen molar-refractivity contribution in [2.45, 2.75) is 38.3 Å². The molecular formula is C17H18FNOS. The lowest BCUT2D eigenvalue weighted by Gasteiger charge is -2.23. The van der Waals surface area contributed by atoms with E-state index in [1.165, 1.54) is 11.6 Å². The van der Waals surface area contributed by atoms with Crippen LogP contribution in [-0.4, -0.2) is 16.8 Å². The van der Waals surface area contributed by atoms with Crippen molar-refractivity contribution in [1.82, 2.24) is 4.90 Å². The molecule has 2 nitrogen and oxygen atoms in total. The predicted molar refractivity (Wildman–Crippen MR) is 82.6 cm³/mol. The highest BCUT2D eigenvalue weighted by Crippen LogP contribution is 2.29. The van der Waals surface area contributed by atoms with Gasteiger partial charge >= 0.3 is 0 Å². The quantitative estimate of drug-likeness (QED) is 0.789. The molecule has 1 fully saturated rings. The molecule has 0 aliphatic heterocycles. The molecule has 0 atom stereocenters. The SMILES string of the molecule is O=C(CCc1ccsc1)N(Cc1ccccc1F)C1CC1. The van der Waals surface area contributed by atoms with Crippen LogP contribution in [-0.2, 0) is 17.8 Å². The van der Waals surface area contributed by atoms with Crippen molar-refractivity contribution in [3.05, 3.63) is 58.0 Å². The van der Waals surface area contributed by atoms with Crippen molar-refractivity contribution < 1.29 is 9.18 Å². The van der Waals surface area contributed by atoms with E-state index in [-0.39, 0.29) is 11.7 Å². The molecule has 1 aliphatic rings. The number of aryl methyl sites for hydroxylation is 1. The zero-order chi connectivity index (χ0) is 14.7. The van der Waals surface area contributed by atoms with Gasteiger partial charge in [0, 0.05) is 24.6 Å². The van der Waals surface area contributed by atoms with Gasteiger partial charge in [0.05, 0.1) is 0 Å². The Bertz CT molecular complexity index is 607. The smallest absolute Gasteiger partial charge is 0.223 e. The molecule has 3 rings (SSSR count). The number of hydrogen-bond donors (Lipinski definition) is 0. The molecule has 0 saturated heterocycles. The van der Waals surface area contributed by atoms with Gasteiger partial charge in [-0.3, -0.25) is 4.79 Å². The Hall–Kier alpha value is -1.68. The van der Waals surface area contributed by atoms with E-state index in [4.69, 9.17) is 0 Å². The maximum Gasteiger partial charge on any atom is 0.223 e. The summed E-state index contributed by atoms with van der Waals surface area (Å²) in [6, 6.07) is 9.07. The fraction of sp³-hybridized carbons (Fsp3) is 0.353. The average Bonchev–Trinajstić information content (AvgIpc) is 3.19. The Morgan fingerprint density at radius 3 is 2.76 bits per heavy atom. The number of carbonyl (C=O) groups is 1. The van der Waals surface area contributed by atoms with E-state index in [2.05, 4.69) is 11.4 Å². The molecule has 2 aromatic rings. The third-order valence-corrected chi connectivity index (χ3v) is 4.55. The van der Waals surface area contributed by atoms with Gasteiger partial charge in [-0.1, -0.05) is 18.2 Å². The maximum absolute atomic E-state index is 13.8. The second-order valence-corrected chi connectivity index (χ2v) is 6.26. The minimum absolute atomic E-state index is 0.131. The minimum atomic E-state index is -0.228. The van der Waals surface area contributed by atoms with Crippen molar-refractivity contribution in [3.8, 4) is 0 Å². The first-order chi connectivity index (χ1) is 10.2. The number of hydrogen-bond acceptors (Lipinski definition) is 2. The predicted octanol–water partition coefficient (Wildman–Crippen LogP) is 4.01. The highest BCUT2D eigenvalue weighted by Gasteiger charge is 2.32. The van der Waals surface area contributed by atoms with Crippen LogP contribution in [0.15, 0.2) is 41.1 Å². The second-order valence-electron chi connectivity index (χ2n) is 5.48. The van der Waals surface area contributed by atoms with Gasteiger partial charge in [0.25, 0.3) is 0 Å². The largest absolute Gasteiger partial charge is 0.335 e. The standard InChI is InChI=1S/C17H18FNOS/c18-16-4-2-1-3-14(16)11-19(15-6-7-15)17(20)8-5-13-9-10-21-12-13/h1-4,9-10,12,15H,5-8,11H2. The number of benzene rings is 1. The summed E-state index contributed by atoms with van der Waals surface area (Å²) in [5.74, 6) is -0.0965. The molecule has 1 heterocycles. The lowest BCUT2D eigenvalue weighted by atomic mass is 10.1. The van der Waals surface area contributed by atoms with Crippen LogP contribution in [0.2, 0.25) is 0 Å². The molecule has 0 N–H and O–H groups in total. The number of carbonyl (C=O) groups excluding carboxylic acids is 1. The van der Waals surface area contributed by atoms with Crippen LogP contribution in [0.3, 0.4) is 0 Å². The third-order valence-electron chi connectivity index (χ3n) is 3.81. The lowest BCUT2D eigenvalue weighted by molar-refractivity contribution is -0.132. The van der Waals surface area contributed by atoms with Crippen LogP contribution >= 0.6 is 11.3 Å². The van der Waals surface area contributed by atoms with E-state index >= 15 is 0 Å². The zero-order valence-electron chi connectivity index (χ0n) is 11.8. The highest BCUT2D eigenvalue weighted by atomic mass is 32.1. The fourth-order valence-corrected chi connectivity index (χ4v) is 3.15. The van der Waals surface area contributed by atoms with Crippen LogP contribution < -0.4 is 0 Å². The van der Waals surface area contributed by atoms with Crippen LogP contribution in [0, 0.1) is 5.82 Å².